The van der Waals surface area contributed by atoms with Gasteiger partial charge >= 0.3 is 0 Å². The second kappa shape index (κ2) is 9.25. The number of rotatable bonds is 8. The van der Waals surface area contributed by atoms with Crippen LogP contribution in [0.5, 0.6) is 0 Å². The maximum atomic E-state index is 2.32. The van der Waals surface area contributed by atoms with Crippen molar-refractivity contribution in [2.75, 3.05) is 0 Å². The molecule has 0 aliphatic rings. The van der Waals surface area contributed by atoms with Crippen molar-refractivity contribution in [2.45, 2.75) is 52.4 Å². The molecule has 2 aromatic carbocycles. The summed E-state index contributed by atoms with van der Waals surface area (Å²) in [6.45, 7) is 4.54. The minimum atomic E-state index is 1.20. The zero-order chi connectivity index (χ0) is 15.6. The van der Waals surface area contributed by atoms with Crippen molar-refractivity contribution in [3.63, 3.8) is 0 Å². The lowest BCUT2D eigenvalue weighted by Gasteiger charge is -2.12. The first-order chi connectivity index (χ1) is 10.8. The van der Waals surface area contributed by atoms with Crippen molar-refractivity contribution in [3.8, 4) is 0 Å². The summed E-state index contributed by atoms with van der Waals surface area (Å²) in [6, 6.07) is 17.4. The lowest BCUT2D eigenvalue weighted by atomic mass is 9.93. The van der Waals surface area contributed by atoms with E-state index in [4.69, 9.17) is 0 Å². The highest BCUT2D eigenvalue weighted by molar-refractivity contribution is 5.71. The number of unbranched alkanes of at least 4 members (excludes halogenated alkanes) is 2. The highest BCUT2D eigenvalue weighted by atomic mass is 14.1. The minimum absolute atomic E-state index is 1.20. The topological polar surface area (TPSA) is 0 Å². The van der Waals surface area contributed by atoms with Crippen LogP contribution in [0.4, 0.5) is 0 Å². The van der Waals surface area contributed by atoms with Crippen LogP contribution < -0.4 is 0 Å². The molecule has 0 heterocycles. The van der Waals surface area contributed by atoms with E-state index in [1.54, 1.807) is 11.1 Å². The Morgan fingerprint density at radius 1 is 0.727 bits per heavy atom. The lowest BCUT2D eigenvalue weighted by molar-refractivity contribution is 0.757. The fraction of sp³-hybridized carbons (Fsp3) is 0.364. The van der Waals surface area contributed by atoms with Crippen LogP contribution >= 0.6 is 0 Å². The molecule has 0 N–H and O–H groups in total. The van der Waals surface area contributed by atoms with E-state index < -0.39 is 0 Å². The molecule has 2 aromatic rings. The highest BCUT2D eigenvalue weighted by Gasteiger charge is 2.06. The molecule has 0 saturated heterocycles. The van der Waals surface area contributed by atoms with Gasteiger partial charge in [-0.15, -0.1) is 0 Å². The molecule has 0 aliphatic heterocycles. The molecule has 0 bridgehead atoms. The van der Waals surface area contributed by atoms with Crippen LogP contribution in [-0.2, 0) is 12.8 Å². The van der Waals surface area contributed by atoms with Crippen molar-refractivity contribution in [1.29, 1.82) is 0 Å². The molecular weight excluding hydrogens is 264 g/mol. The summed E-state index contributed by atoms with van der Waals surface area (Å²) in [4.78, 5) is 0. The first-order valence-electron chi connectivity index (χ1n) is 8.69. The van der Waals surface area contributed by atoms with Gasteiger partial charge in [0.1, 0.15) is 0 Å². The van der Waals surface area contributed by atoms with Crippen LogP contribution in [0.1, 0.15) is 61.8 Å². The van der Waals surface area contributed by atoms with Gasteiger partial charge in [0.25, 0.3) is 0 Å². The summed E-state index contributed by atoms with van der Waals surface area (Å²) in [6.07, 6.45) is 12.0. The number of hydrogen-bond acceptors (Lipinski definition) is 0. The van der Waals surface area contributed by atoms with E-state index in [2.05, 4.69) is 74.5 Å². The van der Waals surface area contributed by atoms with Crippen molar-refractivity contribution in [1.82, 2.24) is 0 Å². The Morgan fingerprint density at radius 3 is 2.18 bits per heavy atom. The molecule has 0 fully saturated rings. The Bertz CT molecular complexity index is 578. The van der Waals surface area contributed by atoms with E-state index in [-0.39, 0.29) is 0 Å². The molecule has 0 atom stereocenters. The van der Waals surface area contributed by atoms with Gasteiger partial charge in [0.15, 0.2) is 0 Å². The molecule has 22 heavy (non-hydrogen) atoms. The summed E-state index contributed by atoms with van der Waals surface area (Å²) >= 11 is 0. The minimum Gasteiger partial charge on any atom is -0.0654 e. The SMILES string of the molecule is CCCCc1cccc(C=Cc2ccccc2)c1CCCC. The average Bonchev–Trinajstić information content (AvgIpc) is 2.57. The molecule has 0 heteroatoms. The zero-order valence-corrected chi connectivity index (χ0v) is 14.0. The van der Waals surface area contributed by atoms with Gasteiger partial charge in [0.05, 0.1) is 0 Å². The van der Waals surface area contributed by atoms with Crippen molar-refractivity contribution in [2.24, 2.45) is 0 Å². The third kappa shape index (κ3) is 4.87. The average molecular weight is 292 g/mol. The lowest BCUT2D eigenvalue weighted by Crippen LogP contribution is -1.98. The summed E-state index contributed by atoms with van der Waals surface area (Å²) < 4.78 is 0. The van der Waals surface area contributed by atoms with Gasteiger partial charge < -0.3 is 0 Å². The molecule has 0 unspecified atom stereocenters. The second-order valence-corrected chi connectivity index (χ2v) is 5.94. The third-order valence-electron chi connectivity index (χ3n) is 4.14. The summed E-state index contributed by atoms with van der Waals surface area (Å²) in [7, 11) is 0. The molecule has 0 nitrogen and oxygen atoms in total. The standard InChI is InChI=1S/C22H28/c1-3-5-13-20-14-10-15-21(22(20)16-6-4-2)18-17-19-11-8-7-9-12-19/h7-12,14-15,17-18H,3-6,13,16H2,1-2H3. The molecule has 2 rings (SSSR count). The Morgan fingerprint density at radius 2 is 1.45 bits per heavy atom. The highest BCUT2D eigenvalue weighted by Crippen LogP contribution is 2.22. The zero-order valence-electron chi connectivity index (χ0n) is 14.0. The van der Waals surface area contributed by atoms with E-state index in [1.165, 1.54) is 49.7 Å². The van der Waals surface area contributed by atoms with Crippen LogP contribution in [0.25, 0.3) is 12.2 Å². The Kier molecular flexibility index (Phi) is 6.96. The molecule has 116 valence electrons. The molecule has 0 aliphatic carbocycles. The molecular formula is C22H28. The van der Waals surface area contributed by atoms with Gasteiger partial charge in [0.2, 0.25) is 0 Å². The van der Waals surface area contributed by atoms with Crippen molar-refractivity contribution < 1.29 is 0 Å². The summed E-state index contributed by atoms with van der Waals surface area (Å²) in [5, 5.41) is 0. The van der Waals surface area contributed by atoms with E-state index >= 15 is 0 Å². The monoisotopic (exact) mass is 292 g/mol. The molecule has 0 amide bonds. The van der Waals surface area contributed by atoms with Gasteiger partial charge in [-0.3, -0.25) is 0 Å². The number of benzene rings is 2. The van der Waals surface area contributed by atoms with Crippen molar-refractivity contribution >= 4 is 12.2 Å². The fourth-order valence-corrected chi connectivity index (χ4v) is 2.82. The van der Waals surface area contributed by atoms with Gasteiger partial charge in [-0.05, 0) is 47.9 Å². The maximum Gasteiger partial charge on any atom is -0.0222 e. The van der Waals surface area contributed by atoms with Crippen LogP contribution in [0, 0.1) is 0 Å². The van der Waals surface area contributed by atoms with E-state index in [0.29, 0.717) is 0 Å². The summed E-state index contributed by atoms with van der Waals surface area (Å²) in [5.41, 5.74) is 5.77. The normalized spacial score (nSPS) is 11.2. The summed E-state index contributed by atoms with van der Waals surface area (Å²) in [5.74, 6) is 0. The largest absolute Gasteiger partial charge is 0.0654 e. The molecule has 0 spiro atoms. The molecule has 0 saturated carbocycles. The van der Waals surface area contributed by atoms with Crippen LogP contribution in [0.2, 0.25) is 0 Å². The van der Waals surface area contributed by atoms with Gasteiger partial charge in [-0.2, -0.15) is 0 Å². The first kappa shape index (κ1) is 16.5. The van der Waals surface area contributed by atoms with Gasteiger partial charge in [-0.25, -0.2) is 0 Å². The maximum absolute atomic E-state index is 2.32. The van der Waals surface area contributed by atoms with E-state index in [1.807, 2.05) is 0 Å². The Labute approximate surface area is 135 Å². The predicted octanol–water partition coefficient (Wildman–Crippen LogP) is 6.54. The fourth-order valence-electron chi connectivity index (χ4n) is 2.82. The first-order valence-corrected chi connectivity index (χ1v) is 8.69. The smallest absolute Gasteiger partial charge is 0.0222 e. The van der Waals surface area contributed by atoms with Gasteiger partial charge in [0, 0.05) is 0 Å². The second-order valence-electron chi connectivity index (χ2n) is 5.94. The van der Waals surface area contributed by atoms with E-state index in [9.17, 15) is 0 Å². The molecule has 0 aromatic heterocycles. The van der Waals surface area contributed by atoms with Crippen LogP contribution in [0.3, 0.4) is 0 Å². The Hall–Kier alpha value is -1.82. The van der Waals surface area contributed by atoms with E-state index in [0.717, 1.165) is 0 Å². The van der Waals surface area contributed by atoms with Crippen molar-refractivity contribution in [3.05, 3.63) is 70.8 Å². The Balaban J connectivity index is 2.26. The predicted molar refractivity (Wildman–Crippen MR) is 99.0 cm³/mol. The van der Waals surface area contributed by atoms with Crippen LogP contribution in [-0.4, -0.2) is 0 Å². The van der Waals surface area contributed by atoms with Gasteiger partial charge in [-0.1, -0.05) is 87.4 Å². The number of aryl methyl sites for hydroxylation is 1. The quantitative estimate of drug-likeness (QED) is 0.484. The number of hydrogen-bond donors (Lipinski definition) is 0. The third-order valence-corrected chi connectivity index (χ3v) is 4.14. The molecule has 0 radical (unpaired) electrons. The van der Waals surface area contributed by atoms with Crippen LogP contribution in [0.15, 0.2) is 48.5 Å².